The van der Waals surface area contributed by atoms with Crippen molar-refractivity contribution in [2.45, 2.75) is 13.8 Å². The van der Waals surface area contributed by atoms with Gasteiger partial charge in [-0.3, -0.25) is 4.79 Å². The lowest BCUT2D eigenvalue weighted by Crippen LogP contribution is -2.01. The van der Waals surface area contributed by atoms with Crippen LogP contribution in [0.5, 0.6) is 0 Å². The van der Waals surface area contributed by atoms with Crippen LogP contribution in [0.2, 0.25) is 0 Å². The molecule has 0 unspecified atom stereocenters. The van der Waals surface area contributed by atoms with E-state index in [2.05, 4.69) is 6.58 Å². The molecule has 82 valence electrons. The van der Waals surface area contributed by atoms with Gasteiger partial charge in [-0.2, -0.15) is 0 Å². The van der Waals surface area contributed by atoms with Gasteiger partial charge in [0.25, 0.3) is 0 Å². The van der Waals surface area contributed by atoms with Gasteiger partial charge in [0.05, 0.1) is 0 Å². The Morgan fingerprint density at radius 3 is 2.38 bits per heavy atom. The van der Waals surface area contributed by atoms with E-state index < -0.39 is 0 Å². The number of ketones is 1. The second-order valence-corrected chi connectivity index (χ2v) is 3.53. The lowest BCUT2D eigenvalue weighted by atomic mass is 10.0. The molecule has 0 radical (unpaired) electrons. The van der Waals surface area contributed by atoms with Crippen LogP contribution in [0.1, 0.15) is 22.8 Å². The van der Waals surface area contributed by atoms with E-state index in [1.807, 2.05) is 44.2 Å². The molecule has 0 aliphatic carbocycles. The SMILES string of the molecule is C=C/C=C\C(=C/C)C(=O)c1ccc(C)cc1. The summed E-state index contributed by atoms with van der Waals surface area (Å²) in [6, 6.07) is 7.58. The van der Waals surface area contributed by atoms with Gasteiger partial charge in [-0.05, 0) is 13.8 Å². The van der Waals surface area contributed by atoms with E-state index >= 15 is 0 Å². The van der Waals surface area contributed by atoms with Gasteiger partial charge in [0, 0.05) is 11.1 Å². The maximum atomic E-state index is 12.0. The molecule has 0 fully saturated rings. The average Bonchev–Trinajstić information content (AvgIpc) is 2.30. The molecule has 0 bridgehead atoms. The Kier molecular flexibility index (Phi) is 4.46. The number of carbonyl (C=O) groups excluding carboxylic acids is 1. The zero-order valence-corrected chi connectivity index (χ0v) is 9.73. The minimum Gasteiger partial charge on any atom is -0.289 e. The summed E-state index contributed by atoms with van der Waals surface area (Å²) in [5.41, 5.74) is 2.55. The van der Waals surface area contributed by atoms with Crippen LogP contribution in [0.4, 0.5) is 0 Å². The first-order chi connectivity index (χ1) is 7.69. The molecule has 0 heterocycles. The molecule has 16 heavy (non-hydrogen) atoms. The smallest absolute Gasteiger partial charge is 0.192 e. The van der Waals surface area contributed by atoms with Crippen molar-refractivity contribution in [3.8, 4) is 0 Å². The highest BCUT2D eigenvalue weighted by molar-refractivity contribution is 6.10. The van der Waals surface area contributed by atoms with E-state index in [-0.39, 0.29) is 5.78 Å². The number of Topliss-reactive ketones (excluding diaryl/α,β-unsaturated/α-hetero) is 1. The average molecular weight is 212 g/mol. The predicted molar refractivity (Wildman–Crippen MR) is 68.6 cm³/mol. The molecule has 1 aromatic carbocycles. The Balaban J connectivity index is 2.96. The van der Waals surface area contributed by atoms with Gasteiger partial charge in [-0.25, -0.2) is 0 Å². The summed E-state index contributed by atoms with van der Waals surface area (Å²) < 4.78 is 0. The summed E-state index contributed by atoms with van der Waals surface area (Å²) in [6.07, 6.45) is 7.00. The third kappa shape index (κ3) is 3.06. The van der Waals surface area contributed by atoms with Gasteiger partial charge in [-0.15, -0.1) is 0 Å². The van der Waals surface area contributed by atoms with Crippen molar-refractivity contribution in [3.63, 3.8) is 0 Å². The van der Waals surface area contributed by atoms with E-state index in [0.717, 1.165) is 5.56 Å². The largest absolute Gasteiger partial charge is 0.289 e. The zero-order valence-electron chi connectivity index (χ0n) is 9.73. The molecular formula is C15H16O. The Morgan fingerprint density at radius 2 is 1.88 bits per heavy atom. The summed E-state index contributed by atoms with van der Waals surface area (Å²) in [7, 11) is 0. The van der Waals surface area contributed by atoms with Gasteiger partial charge >= 0.3 is 0 Å². The second kappa shape index (κ2) is 5.86. The van der Waals surface area contributed by atoms with Gasteiger partial charge in [0.15, 0.2) is 5.78 Å². The van der Waals surface area contributed by atoms with Crippen molar-refractivity contribution in [1.29, 1.82) is 0 Å². The summed E-state index contributed by atoms with van der Waals surface area (Å²) in [5.74, 6) is 0.0422. The number of benzene rings is 1. The Bertz CT molecular complexity index is 433. The number of aryl methyl sites for hydroxylation is 1. The summed E-state index contributed by atoms with van der Waals surface area (Å²) in [5, 5.41) is 0. The molecule has 0 aliphatic rings. The Labute approximate surface area is 96.8 Å². The summed E-state index contributed by atoms with van der Waals surface area (Å²) >= 11 is 0. The molecule has 0 N–H and O–H groups in total. The number of hydrogen-bond donors (Lipinski definition) is 0. The topological polar surface area (TPSA) is 17.1 Å². The first-order valence-corrected chi connectivity index (χ1v) is 5.26. The van der Waals surface area contributed by atoms with Crippen LogP contribution >= 0.6 is 0 Å². The number of hydrogen-bond acceptors (Lipinski definition) is 1. The quantitative estimate of drug-likeness (QED) is 0.420. The van der Waals surface area contributed by atoms with Crippen LogP contribution in [-0.4, -0.2) is 5.78 Å². The van der Waals surface area contributed by atoms with E-state index in [1.165, 1.54) is 0 Å². The Hall–Kier alpha value is -1.89. The number of allylic oxidation sites excluding steroid dienone is 5. The van der Waals surface area contributed by atoms with Crippen LogP contribution in [-0.2, 0) is 0 Å². The molecule has 1 heteroatoms. The highest BCUT2D eigenvalue weighted by Gasteiger charge is 2.07. The van der Waals surface area contributed by atoms with Crippen LogP contribution in [0.3, 0.4) is 0 Å². The second-order valence-electron chi connectivity index (χ2n) is 3.53. The predicted octanol–water partition coefficient (Wildman–Crippen LogP) is 3.87. The molecule has 0 aliphatic heterocycles. The molecule has 0 saturated heterocycles. The van der Waals surface area contributed by atoms with Crippen molar-refractivity contribution in [2.24, 2.45) is 0 Å². The van der Waals surface area contributed by atoms with E-state index in [4.69, 9.17) is 0 Å². The van der Waals surface area contributed by atoms with Gasteiger partial charge in [0.2, 0.25) is 0 Å². The standard InChI is InChI=1S/C15H16O/c1-4-6-7-13(5-2)15(16)14-10-8-12(3)9-11-14/h4-11H,1H2,2-3H3/b7-6-,13-5+. The van der Waals surface area contributed by atoms with Gasteiger partial charge in [-0.1, -0.05) is 60.7 Å². The molecule has 0 aromatic heterocycles. The van der Waals surface area contributed by atoms with Crippen molar-refractivity contribution in [2.75, 3.05) is 0 Å². The summed E-state index contributed by atoms with van der Waals surface area (Å²) in [6.45, 7) is 7.44. The number of carbonyl (C=O) groups is 1. The molecule has 1 nitrogen and oxygen atoms in total. The van der Waals surface area contributed by atoms with E-state index in [1.54, 1.807) is 18.2 Å². The third-order valence-corrected chi connectivity index (χ3v) is 2.30. The van der Waals surface area contributed by atoms with Crippen molar-refractivity contribution < 1.29 is 4.79 Å². The van der Waals surface area contributed by atoms with E-state index in [9.17, 15) is 4.79 Å². The molecule has 1 aromatic rings. The van der Waals surface area contributed by atoms with Crippen molar-refractivity contribution in [1.82, 2.24) is 0 Å². The fraction of sp³-hybridized carbons (Fsp3) is 0.133. The maximum absolute atomic E-state index is 12.0. The lowest BCUT2D eigenvalue weighted by molar-refractivity contribution is 0.103. The normalized spacial score (nSPS) is 11.8. The van der Waals surface area contributed by atoms with Crippen LogP contribution < -0.4 is 0 Å². The maximum Gasteiger partial charge on any atom is 0.192 e. The molecule has 0 amide bonds. The molecule has 1 rings (SSSR count). The Morgan fingerprint density at radius 1 is 1.25 bits per heavy atom. The van der Waals surface area contributed by atoms with Crippen molar-refractivity contribution in [3.05, 3.63) is 71.8 Å². The molecular weight excluding hydrogens is 196 g/mol. The monoisotopic (exact) mass is 212 g/mol. The highest BCUT2D eigenvalue weighted by Crippen LogP contribution is 2.11. The van der Waals surface area contributed by atoms with Crippen LogP contribution in [0.25, 0.3) is 0 Å². The molecule has 0 atom stereocenters. The summed E-state index contributed by atoms with van der Waals surface area (Å²) in [4.78, 5) is 12.0. The number of rotatable bonds is 4. The lowest BCUT2D eigenvalue weighted by Gasteiger charge is -2.01. The van der Waals surface area contributed by atoms with Gasteiger partial charge < -0.3 is 0 Å². The molecule has 0 spiro atoms. The van der Waals surface area contributed by atoms with E-state index in [0.29, 0.717) is 11.1 Å². The highest BCUT2D eigenvalue weighted by atomic mass is 16.1. The first kappa shape index (κ1) is 12.2. The van der Waals surface area contributed by atoms with Crippen LogP contribution in [0, 0.1) is 6.92 Å². The fourth-order valence-electron chi connectivity index (χ4n) is 1.35. The van der Waals surface area contributed by atoms with Crippen molar-refractivity contribution >= 4 is 5.78 Å². The molecule has 0 saturated carbocycles. The minimum atomic E-state index is 0.0422. The van der Waals surface area contributed by atoms with Gasteiger partial charge in [0.1, 0.15) is 0 Å². The van der Waals surface area contributed by atoms with Crippen LogP contribution in [0.15, 0.2) is 60.7 Å². The fourth-order valence-corrected chi connectivity index (χ4v) is 1.35. The zero-order chi connectivity index (χ0) is 12.0. The third-order valence-electron chi connectivity index (χ3n) is 2.30. The first-order valence-electron chi connectivity index (χ1n) is 5.26. The minimum absolute atomic E-state index is 0.0422.